The Kier molecular flexibility index (Phi) is 2.36. The van der Waals surface area contributed by atoms with Crippen LogP contribution in [0.5, 0.6) is 0 Å². The van der Waals surface area contributed by atoms with Gasteiger partial charge in [0.15, 0.2) is 0 Å². The fraction of sp³-hybridized carbons (Fsp3) is 0.462. The van der Waals surface area contributed by atoms with Gasteiger partial charge in [0.2, 0.25) is 0 Å². The maximum atomic E-state index is 12.2. The number of carbonyl (C=O) groups excluding carboxylic acids is 1. The van der Waals surface area contributed by atoms with Gasteiger partial charge in [-0.2, -0.15) is 0 Å². The SMILES string of the molecule is CN(C(=O)c1cccs1)C1CC2C=CC1C2. The molecule has 3 unspecified atom stereocenters. The van der Waals surface area contributed by atoms with E-state index in [0.29, 0.717) is 17.9 Å². The number of hydrogen-bond donors (Lipinski definition) is 0. The molecule has 0 aliphatic heterocycles. The van der Waals surface area contributed by atoms with Crippen LogP contribution in [0.2, 0.25) is 0 Å². The lowest BCUT2D eigenvalue weighted by Crippen LogP contribution is -2.39. The van der Waals surface area contributed by atoms with Crippen LogP contribution in [0.4, 0.5) is 0 Å². The van der Waals surface area contributed by atoms with E-state index in [9.17, 15) is 4.79 Å². The summed E-state index contributed by atoms with van der Waals surface area (Å²) >= 11 is 1.53. The van der Waals surface area contributed by atoms with Crippen molar-refractivity contribution in [1.29, 1.82) is 0 Å². The molecule has 3 atom stereocenters. The van der Waals surface area contributed by atoms with E-state index in [4.69, 9.17) is 0 Å². The summed E-state index contributed by atoms with van der Waals surface area (Å²) < 4.78 is 0. The number of allylic oxidation sites excluding steroid dienone is 1. The molecule has 1 saturated carbocycles. The van der Waals surface area contributed by atoms with E-state index in [1.54, 1.807) is 0 Å². The zero-order chi connectivity index (χ0) is 11.1. The first-order valence-corrected chi connectivity index (χ1v) is 6.62. The lowest BCUT2D eigenvalue weighted by atomic mass is 10.0. The van der Waals surface area contributed by atoms with Gasteiger partial charge < -0.3 is 4.90 Å². The van der Waals surface area contributed by atoms with Crippen molar-refractivity contribution in [3.8, 4) is 0 Å². The molecule has 0 N–H and O–H groups in total. The van der Waals surface area contributed by atoms with Gasteiger partial charge in [-0.15, -0.1) is 11.3 Å². The molecule has 2 bridgehead atoms. The number of hydrogen-bond acceptors (Lipinski definition) is 2. The van der Waals surface area contributed by atoms with E-state index in [1.807, 2.05) is 29.5 Å². The molecule has 1 fully saturated rings. The lowest BCUT2D eigenvalue weighted by Gasteiger charge is -2.29. The van der Waals surface area contributed by atoms with E-state index in [2.05, 4.69) is 12.2 Å². The van der Waals surface area contributed by atoms with Crippen LogP contribution in [-0.4, -0.2) is 23.9 Å². The van der Waals surface area contributed by atoms with Crippen LogP contribution >= 0.6 is 11.3 Å². The normalized spacial score (nSPS) is 30.9. The summed E-state index contributed by atoms with van der Waals surface area (Å²) in [6, 6.07) is 4.27. The number of amides is 1. The van der Waals surface area contributed by atoms with E-state index in [-0.39, 0.29) is 5.91 Å². The highest BCUT2D eigenvalue weighted by Crippen LogP contribution is 2.41. The van der Waals surface area contributed by atoms with E-state index in [0.717, 1.165) is 11.3 Å². The van der Waals surface area contributed by atoms with Crippen molar-refractivity contribution < 1.29 is 4.79 Å². The number of nitrogens with zero attached hydrogens (tertiary/aromatic N) is 1. The highest BCUT2D eigenvalue weighted by atomic mass is 32.1. The Morgan fingerprint density at radius 1 is 1.44 bits per heavy atom. The Labute approximate surface area is 99.6 Å². The zero-order valence-corrected chi connectivity index (χ0v) is 10.1. The molecule has 3 rings (SSSR count). The maximum absolute atomic E-state index is 12.2. The minimum atomic E-state index is 0.181. The molecule has 16 heavy (non-hydrogen) atoms. The summed E-state index contributed by atoms with van der Waals surface area (Å²) in [5.74, 6) is 1.49. The highest BCUT2D eigenvalue weighted by molar-refractivity contribution is 7.12. The number of carbonyl (C=O) groups is 1. The molecule has 0 saturated heterocycles. The van der Waals surface area contributed by atoms with Crippen molar-refractivity contribution in [2.45, 2.75) is 18.9 Å². The summed E-state index contributed by atoms with van der Waals surface area (Å²) in [6.45, 7) is 0. The highest BCUT2D eigenvalue weighted by Gasteiger charge is 2.39. The van der Waals surface area contributed by atoms with Crippen molar-refractivity contribution in [3.05, 3.63) is 34.5 Å². The molecule has 2 aliphatic rings. The Morgan fingerprint density at radius 3 is 2.88 bits per heavy atom. The average molecular weight is 233 g/mol. The molecule has 0 spiro atoms. The van der Waals surface area contributed by atoms with E-state index < -0.39 is 0 Å². The first-order chi connectivity index (χ1) is 7.75. The second-order valence-corrected chi connectivity index (χ2v) is 5.69. The largest absolute Gasteiger partial charge is 0.337 e. The molecular formula is C13H15NOS. The summed E-state index contributed by atoms with van der Waals surface area (Å²) in [5, 5.41) is 1.96. The van der Waals surface area contributed by atoms with Crippen LogP contribution in [-0.2, 0) is 0 Å². The van der Waals surface area contributed by atoms with Gasteiger partial charge in [-0.05, 0) is 36.1 Å². The summed E-state index contributed by atoms with van der Waals surface area (Å²) in [7, 11) is 1.95. The minimum absolute atomic E-state index is 0.181. The molecule has 1 aromatic heterocycles. The van der Waals surface area contributed by atoms with Crippen LogP contribution in [0.15, 0.2) is 29.7 Å². The molecule has 0 aromatic carbocycles. The van der Waals surface area contributed by atoms with Crippen molar-refractivity contribution in [3.63, 3.8) is 0 Å². The summed E-state index contributed by atoms with van der Waals surface area (Å²) in [6.07, 6.45) is 6.99. The van der Waals surface area contributed by atoms with Gasteiger partial charge in [0.05, 0.1) is 4.88 Å². The summed E-state index contributed by atoms with van der Waals surface area (Å²) in [4.78, 5) is 15.0. The molecule has 2 nitrogen and oxygen atoms in total. The molecule has 1 amide bonds. The fourth-order valence-corrected chi connectivity index (χ4v) is 3.63. The predicted octanol–water partition coefficient (Wildman–Crippen LogP) is 2.78. The topological polar surface area (TPSA) is 20.3 Å². The van der Waals surface area contributed by atoms with Crippen molar-refractivity contribution in [2.75, 3.05) is 7.05 Å². The van der Waals surface area contributed by atoms with E-state index >= 15 is 0 Å². The Hall–Kier alpha value is -1.09. The number of fused-ring (bicyclic) bond motifs is 2. The van der Waals surface area contributed by atoms with Gasteiger partial charge in [0.1, 0.15) is 0 Å². The van der Waals surface area contributed by atoms with Gasteiger partial charge in [-0.3, -0.25) is 4.79 Å². The van der Waals surface area contributed by atoms with Gasteiger partial charge in [-0.25, -0.2) is 0 Å². The third kappa shape index (κ3) is 1.50. The monoisotopic (exact) mass is 233 g/mol. The molecular weight excluding hydrogens is 218 g/mol. The Bertz CT molecular complexity index is 423. The standard InChI is InChI=1S/C13H15NOS/c1-14(13(15)12-3-2-6-16-12)11-8-9-4-5-10(11)7-9/h2-6,9-11H,7-8H2,1H3. The predicted molar refractivity (Wildman–Crippen MR) is 65.6 cm³/mol. The fourth-order valence-electron chi connectivity index (χ4n) is 2.92. The smallest absolute Gasteiger partial charge is 0.263 e. The van der Waals surface area contributed by atoms with Crippen LogP contribution in [0.3, 0.4) is 0 Å². The van der Waals surface area contributed by atoms with Crippen molar-refractivity contribution >= 4 is 17.2 Å². The van der Waals surface area contributed by atoms with Gasteiger partial charge in [-0.1, -0.05) is 18.2 Å². The Morgan fingerprint density at radius 2 is 2.31 bits per heavy atom. The van der Waals surface area contributed by atoms with E-state index in [1.165, 1.54) is 17.8 Å². The number of rotatable bonds is 2. The Balaban J connectivity index is 1.76. The van der Waals surface area contributed by atoms with Crippen LogP contribution in [0.1, 0.15) is 22.5 Å². The minimum Gasteiger partial charge on any atom is -0.337 e. The van der Waals surface area contributed by atoms with Gasteiger partial charge in [0, 0.05) is 13.1 Å². The third-order valence-electron chi connectivity index (χ3n) is 3.79. The maximum Gasteiger partial charge on any atom is 0.263 e. The molecule has 2 aliphatic carbocycles. The molecule has 84 valence electrons. The van der Waals surface area contributed by atoms with Gasteiger partial charge >= 0.3 is 0 Å². The van der Waals surface area contributed by atoms with Crippen molar-refractivity contribution in [2.24, 2.45) is 11.8 Å². The van der Waals surface area contributed by atoms with Crippen molar-refractivity contribution in [1.82, 2.24) is 4.90 Å². The molecule has 1 aromatic rings. The zero-order valence-electron chi connectivity index (χ0n) is 9.30. The van der Waals surface area contributed by atoms with Crippen LogP contribution in [0.25, 0.3) is 0 Å². The quantitative estimate of drug-likeness (QED) is 0.719. The second kappa shape index (κ2) is 3.74. The average Bonchev–Trinajstić information content (AvgIpc) is 3.02. The first kappa shape index (κ1) is 10.1. The van der Waals surface area contributed by atoms with Gasteiger partial charge in [0.25, 0.3) is 5.91 Å². The molecule has 3 heteroatoms. The number of thiophene rings is 1. The first-order valence-electron chi connectivity index (χ1n) is 5.74. The van der Waals surface area contributed by atoms with Crippen LogP contribution in [0, 0.1) is 11.8 Å². The summed E-state index contributed by atoms with van der Waals surface area (Å²) in [5.41, 5.74) is 0. The second-order valence-electron chi connectivity index (χ2n) is 4.74. The van der Waals surface area contributed by atoms with Crippen LogP contribution < -0.4 is 0 Å². The molecule has 1 heterocycles. The molecule has 0 radical (unpaired) electrons. The lowest BCUT2D eigenvalue weighted by molar-refractivity contribution is 0.0714. The third-order valence-corrected chi connectivity index (χ3v) is 4.65.